The van der Waals surface area contributed by atoms with Crippen molar-refractivity contribution in [3.8, 4) is 11.1 Å². The molecule has 3 aromatic rings. The summed E-state index contributed by atoms with van der Waals surface area (Å²) in [6.07, 6.45) is -2.57. The Morgan fingerprint density at radius 2 is 1.52 bits per heavy atom. The summed E-state index contributed by atoms with van der Waals surface area (Å²) >= 11 is 0. The standard InChI is InChI=1S/C20H17F3N2/c1-13-14(2)24-12-11-17(13)18-5-3-4-6-19(18)25-16-9-7-15(8-10-16)20(21,22)23/h3-12,25H,1-2H3. The molecule has 128 valence electrons. The summed E-state index contributed by atoms with van der Waals surface area (Å²) in [5.74, 6) is 0. The second kappa shape index (κ2) is 6.59. The van der Waals surface area contributed by atoms with Gasteiger partial charge in [-0.05, 0) is 61.4 Å². The Morgan fingerprint density at radius 1 is 0.840 bits per heavy atom. The molecule has 5 heteroatoms. The molecule has 0 radical (unpaired) electrons. The Labute approximate surface area is 144 Å². The quantitative estimate of drug-likeness (QED) is 0.619. The Morgan fingerprint density at radius 3 is 2.20 bits per heavy atom. The summed E-state index contributed by atoms with van der Waals surface area (Å²) in [7, 11) is 0. The number of nitrogens with zero attached hydrogens (tertiary/aromatic N) is 1. The van der Waals surface area contributed by atoms with Crippen LogP contribution >= 0.6 is 0 Å². The van der Waals surface area contributed by atoms with Crippen molar-refractivity contribution in [2.75, 3.05) is 5.32 Å². The fourth-order valence-electron chi connectivity index (χ4n) is 2.66. The Bertz CT molecular complexity index is 884. The van der Waals surface area contributed by atoms with Gasteiger partial charge in [0, 0.05) is 28.8 Å². The molecule has 0 saturated heterocycles. The molecule has 0 aliphatic carbocycles. The zero-order valence-electron chi connectivity index (χ0n) is 13.9. The molecule has 0 aliphatic rings. The Kier molecular flexibility index (Phi) is 4.49. The molecule has 0 saturated carbocycles. The average Bonchev–Trinajstić information content (AvgIpc) is 2.58. The largest absolute Gasteiger partial charge is 0.416 e. The van der Waals surface area contributed by atoms with Crippen molar-refractivity contribution in [1.29, 1.82) is 0 Å². The number of alkyl halides is 3. The molecular formula is C20H17F3N2. The highest BCUT2D eigenvalue weighted by Crippen LogP contribution is 2.34. The minimum atomic E-state index is -4.33. The fraction of sp³-hybridized carbons (Fsp3) is 0.150. The molecule has 2 nitrogen and oxygen atoms in total. The minimum Gasteiger partial charge on any atom is -0.355 e. The number of hydrogen-bond acceptors (Lipinski definition) is 2. The molecule has 0 spiro atoms. The SMILES string of the molecule is Cc1nccc(-c2ccccc2Nc2ccc(C(F)(F)F)cc2)c1C. The van der Waals surface area contributed by atoms with Crippen LogP contribution in [0, 0.1) is 13.8 Å². The van der Waals surface area contributed by atoms with Gasteiger partial charge >= 0.3 is 6.18 Å². The van der Waals surface area contributed by atoms with Crippen molar-refractivity contribution < 1.29 is 13.2 Å². The third-order valence-electron chi connectivity index (χ3n) is 4.16. The van der Waals surface area contributed by atoms with Crippen LogP contribution in [-0.4, -0.2) is 4.98 Å². The Hall–Kier alpha value is -2.82. The van der Waals surface area contributed by atoms with Crippen LogP contribution in [0.2, 0.25) is 0 Å². The van der Waals surface area contributed by atoms with Gasteiger partial charge in [0.1, 0.15) is 0 Å². The van der Waals surface area contributed by atoms with E-state index in [0.29, 0.717) is 5.69 Å². The number of pyridine rings is 1. The van der Waals surface area contributed by atoms with Gasteiger partial charge in [0.2, 0.25) is 0 Å². The highest BCUT2D eigenvalue weighted by atomic mass is 19.4. The monoisotopic (exact) mass is 342 g/mol. The third kappa shape index (κ3) is 3.65. The van der Waals surface area contributed by atoms with Gasteiger partial charge in [-0.25, -0.2) is 0 Å². The fourth-order valence-corrected chi connectivity index (χ4v) is 2.66. The van der Waals surface area contributed by atoms with Gasteiger partial charge < -0.3 is 5.32 Å². The summed E-state index contributed by atoms with van der Waals surface area (Å²) in [5, 5.41) is 3.21. The summed E-state index contributed by atoms with van der Waals surface area (Å²) in [6, 6.07) is 14.7. The molecule has 1 heterocycles. The molecule has 0 bridgehead atoms. The molecule has 3 rings (SSSR count). The maximum atomic E-state index is 12.7. The van der Waals surface area contributed by atoms with Gasteiger partial charge in [-0.15, -0.1) is 0 Å². The van der Waals surface area contributed by atoms with Crippen molar-refractivity contribution >= 4 is 11.4 Å². The molecular weight excluding hydrogens is 325 g/mol. The van der Waals surface area contributed by atoms with E-state index in [-0.39, 0.29) is 0 Å². The lowest BCUT2D eigenvalue weighted by molar-refractivity contribution is -0.137. The number of nitrogens with one attached hydrogen (secondary N) is 1. The maximum absolute atomic E-state index is 12.7. The van der Waals surface area contributed by atoms with E-state index in [1.807, 2.05) is 44.2 Å². The van der Waals surface area contributed by atoms with Crippen LogP contribution in [0.25, 0.3) is 11.1 Å². The van der Waals surface area contributed by atoms with E-state index < -0.39 is 11.7 Å². The number of aromatic nitrogens is 1. The highest BCUT2D eigenvalue weighted by Gasteiger charge is 2.29. The van der Waals surface area contributed by atoms with Crippen molar-refractivity contribution in [2.24, 2.45) is 0 Å². The summed E-state index contributed by atoms with van der Waals surface area (Å²) in [6.45, 7) is 3.96. The van der Waals surface area contributed by atoms with E-state index in [1.165, 1.54) is 12.1 Å². The zero-order chi connectivity index (χ0) is 18.0. The van der Waals surface area contributed by atoms with Crippen LogP contribution in [0.1, 0.15) is 16.8 Å². The second-order valence-corrected chi connectivity index (χ2v) is 5.81. The Balaban J connectivity index is 1.96. The normalized spacial score (nSPS) is 11.4. The lowest BCUT2D eigenvalue weighted by Gasteiger charge is -2.15. The molecule has 1 N–H and O–H groups in total. The minimum absolute atomic E-state index is 0.601. The number of aryl methyl sites for hydroxylation is 1. The predicted octanol–water partition coefficient (Wildman–Crippen LogP) is 6.13. The van der Waals surface area contributed by atoms with Gasteiger partial charge in [0.05, 0.1) is 5.56 Å². The zero-order valence-corrected chi connectivity index (χ0v) is 13.9. The second-order valence-electron chi connectivity index (χ2n) is 5.81. The van der Waals surface area contributed by atoms with E-state index in [1.54, 1.807) is 6.20 Å². The predicted molar refractivity (Wildman–Crippen MR) is 93.9 cm³/mol. The number of para-hydroxylation sites is 1. The van der Waals surface area contributed by atoms with E-state index in [9.17, 15) is 13.2 Å². The third-order valence-corrected chi connectivity index (χ3v) is 4.16. The first-order chi connectivity index (χ1) is 11.9. The maximum Gasteiger partial charge on any atom is 0.416 e. The number of rotatable bonds is 3. The van der Waals surface area contributed by atoms with Crippen molar-refractivity contribution in [1.82, 2.24) is 4.98 Å². The van der Waals surface area contributed by atoms with Crippen LogP contribution in [0.15, 0.2) is 60.8 Å². The van der Waals surface area contributed by atoms with E-state index in [2.05, 4.69) is 10.3 Å². The molecule has 0 atom stereocenters. The first-order valence-electron chi connectivity index (χ1n) is 7.82. The van der Waals surface area contributed by atoms with E-state index in [4.69, 9.17) is 0 Å². The lowest BCUT2D eigenvalue weighted by atomic mass is 9.98. The lowest BCUT2D eigenvalue weighted by Crippen LogP contribution is -2.04. The van der Waals surface area contributed by atoms with E-state index >= 15 is 0 Å². The van der Waals surface area contributed by atoms with Crippen LogP contribution in [0.3, 0.4) is 0 Å². The first kappa shape index (κ1) is 17.0. The topological polar surface area (TPSA) is 24.9 Å². The summed E-state index contributed by atoms with van der Waals surface area (Å²) in [4.78, 5) is 4.28. The van der Waals surface area contributed by atoms with Gasteiger partial charge in [-0.1, -0.05) is 18.2 Å². The number of hydrogen-bond donors (Lipinski definition) is 1. The summed E-state index contributed by atoms with van der Waals surface area (Å²) in [5.41, 5.74) is 4.81. The van der Waals surface area contributed by atoms with Gasteiger partial charge in [0.25, 0.3) is 0 Å². The smallest absolute Gasteiger partial charge is 0.355 e. The molecule has 0 fully saturated rings. The van der Waals surface area contributed by atoms with Gasteiger partial charge in [0.15, 0.2) is 0 Å². The molecule has 2 aromatic carbocycles. The van der Waals surface area contributed by atoms with Crippen LogP contribution in [0.5, 0.6) is 0 Å². The highest BCUT2D eigenvalue weighted by molar-refractivity contribution is 5.82. The molecule has 25 heavy (non-hydrogen) atoms. The number of benzene rings is 2. The van der Waals surface area contributed by atoms with Crippen LogP contribution < -0.4 is 5.32 Å². The van der Waals surface area contributed by atoms with E-state index in [0.717, 1.165) is 40.2 Å². The average molecular weight is 342 g/mol. The van der Waals surface area contributed by atoms with Crippen molar-refractivity contribution in [3.63, 3.8) is 0 Å². The molecule has 1 aromatic heterocycles. The molecule has 0 unspecified atom stereocenters. The van der Waals surface area contributed by atoms with Crippen molar-refractivity contribution in [3.05, 3.63) is 77.6 Å². The van der Waals surface area contributed by atoms with Gasteiger partial charge in [-0.2, -0.15) is 13.2 Å². The molecule has 0 amide bonds. The number of halogens is 3. The first-order valence-corrected chi connectivity index (χ1v) is 7.82. The van der Waals surface area contributed by atoms with Crippen molar-refractivity contribution in [2.45, 2.75) is 20.0 Å². The van der Waals surface area contributed by atoms with Gasteiger partial charge in [-0.3, -0.25) is 4.98 Å². The van der Waals surface area contributed by atoms with Crippen LogP contribution in [-0.2, 0) is 6.18 Å². The molecule has 0 aliphatic heterocycles. The number of anilines is 2. The summed E-state index contributed by atoms with van der Waals surface area (Å²) < 4.78 is 38.1. The van der Waals surface area contributed by atoms with Crippen LogP contribution in [0.4, 0.5) is 24.5 Å².